The molecule has 6 nitrogen and oxygen atoms in total. The van der Waals surface area contributed by atoms with Crippen molar-refractivity contribution >= 4 is 0 Å². The maximum atomic E-state index is 11.0. The van der Waals surface area contributed by atoms with Crippen molar-refractivity contribution in [1.82, 2.24) is 0 Å². The van der Waals surface area contributed by atoms with Crippen LogP contribution in [0.5, 0.6) is 0 Å². The summed E-state index contributed by atoms with van der Waals surface area (Å²) in [6.45, 7) is 15.7. The largest absolute Gasteiger partial charge is 0.390 e. The van der Waals surface area contributed by atoms with E-state index in [1.807, 2.05) is 55.4 Å². The molecule has 2 fully saturated rings. The van der Waals surface area contributed by atoms with Crippen LogP contribution in [-0.4, -0.2) is 67.2 Å². The van der Waals surface area contributed by atoms with Gasteiger partial charge in [-0.1, -0.05) is 23.3 Å². The summed E-state index contributed by atoms with van der Waals surface area (Å²) < 4.78 is 12.5. The highest BCUT2D eigenvalue weighted by Gasteiger charge is 2.50. The number of hydrogen-bond acceptors (Lipinski definition) is 6. The molecule has 0 aromatic carbocycles. The summed E-state index contributed by atoms with van der Waals surface area (Å²) >= 11 is 0. The molecule has 8 atom stereocenters. The van der Waals surface area contributed by atoms with Crippen molar-refractivity contribution in [3.63, 3.8) is 0 Å². The van der Waals surface area contributed by atoms with Gasteiger partial charge in [0.15, 0.2) is 0 Å². The van der Waals surface area contributed by atoms with E-state index in [-0.39, 0.29) is 12.2 Å². The molecule has 6 heteroatoms. The van der Waals surface area contributed by atoms with Crippen molar-refractivity contribution < 1.29 is 29.9 Å². The fourth-order valence-electron chi connectivity index (χ4n) is 5.64. The molecule has 0 saturated carbocycles. The second kappa shape index (κ2) is 12.4. The Morgan fingerprint density at radius 3 is 1.42 bits per heavy atom. The normalized spacial score (nSPS) is 33.4. The van der Waals surface area contributed by atoms with E-state index in [1.165, 1.54) is 11.1 Å². The van der Waals surface area contributed by atoms with Crippen LogP contribution in [-0.2, 0) is 9.47 Å². The van der Waals surface area contributed by atoms with E-state index < -0.39 is 34.6 Å². The summed E-state index contributed by atoms with van der Waals surface area (Å²) in [4.78, 5) is 0. The minimum atomic E-state index is -0.953. The zero-order valence-electron chi connectivity index (χ0n) is 24.1. The summed E-state index contributed by atoms with van der Waals surface area (Å²) in [6.07, 6.45) is 8.40. The first kappa shape index (κ1) is 31.5. The van der Waals surface area contributed by atoms with E-state index in [0.29, 0.717) is 51.4 Å². The average molecular weight is 511 g/mol. The van der Waals surface area contributed by atoms with Gasteiger partial charge in [0.1, 0.15) is 0 Å². The Morgan fingerprint density at radius 1 is 0.778 bits per heavy atom. The lowest BCUT2D eigenvalue weighted by atomic mass is 9.86. The smallest absolute Gasteiger partial charge is 0.0918 e. The summed E-state index contributed by atoms with van der Waals surface area (Å²) in [7, 11) is 0. The third-order valence-electron chi connectivity index (χ3n) is 8.55. The molecule has 0 unspecified atom stereocenters. The zero-order chi connectivity index (χ0) is 27.4. The van der Waals surface area contributed by atoms with Gasteiger partial charge >= 0.3 is 0 Å². The lowest BCUT2D eigenvalue weighted by molar-refractivity contribution is -0.172. The lowest BCUT2D eigenvalue weighted by Crippen LogP contribution is -2.47. The number of ether oxygens (including phenoxy) is 2. The molecule has 2 aliphatic heterocycles. The molecule has 0 amide bonds. The molecule has 0 aromatic rings. The van der Waals surface area contributed by atoms with Crippen LogP contribution in [0.3, 0.4) is 0 Å². The van der Waals surface area contributed by atoms with Crippen molar-refractivity contribution in [3.05, 3.63) is 23.3 Å². The Bertz CT molecular complexity index is 699. The Labute approximate surface area is 219 Å². The van der Waals surface area contributed by atoms with Gasteiger partial charge in [-0.3, -0.25) is 0 Å². The second-order valence-corrected chi connectivity index (χ2v) is 12.9. The Hall–Kier alpha value is -0.760. The quantitative estimate of drug-likeness (QED) is 0.249. The summed E-state index contributed by atoms with van der Waals surface area (Å²) in [5.41, 5.74) is -0.942. The standard InChI is InChI=1S/C30H54O6/c1-21(2)11-9-17-27(5,33)25-15-19-29(7,35-25)23(31)13-14-24(32)30(8)20-16-26(36-30)28(6,34)18-10-12-22(3)4/h11-12,23-26,31-34H,9-10,13-20H2,1-8H3/t23-,24+,25-,26-,27+,28+,29+,30-/m1/s1. The predicted molar refractivity (Wildman–Crippen MR) is 145 cm³/mol. The maximum absolute atomic E-state index is 11.0. The second-order valence-electron chi connectivity index (χ2n) is 12.9. The van der Waals surface area contributed by atoms with Crippen molar-refractivity contribution in [2.45, 2.75) is 166 Å². The van der Waals surface area contributed by atoms with Crippen LogP contribution in [0.15, 0.2) is 23.3 Å². The third-order valence-corrected chi connectivity index (χ3v) is 8.55. The average Bonchev–Trinajstić information content (AvgIpc) is 3.37. The van der Waals surface area contributed by atoms with E-state index >= 15 is 0 Å². The minimum Gasteiger partial charge on any atom is -0.390 e. The van der Waals surface area contributed by atoms with Crippen LogP contribution in [0.1, 0.15) is 120 Å². The van der Waals surface area contributed by atoms with Gasteiger partial charge in [0.05, 0.1) is 46.8 Å². The fraction of sp³-hybridized carbons (Fsp3) is 0.867. The van der Waals surface area contributed by atoms with Gasteiger partial charge in [0, 0.05) is 0 Å². The van der Waals surface area contributed by atoms with Gasteiger partial charge in [-0.15, -0.1) is 0 Å². The van der Waals surface area contributed by atoms with Crippen LogP contribution < -0.4 is 0 Å². The van der Waals surface area contributed by atoms with Gasteiger partial charge in [0.25, 0.3) is 0 Å². The number of hydrogen-bond donors (Lipinski definition) is 4. The van der Waals surface area contributed by atoms with Crippen molar-refractivity contribution in [2.24, 2.45) is 0 Å². The molecule has 0 aromatic heterocycles. The topological polar surface area (TPSA) is 99.4 Å². The molecule has 0 aliphatic carbocycles. The highest BCUT2D eigenvalue weighted by molar-refractivity contribution is 5.02. The van der Waals surface area contributed by atoms with Crippen LogP contribution in [0.2, 0.25) is 0 Å². The molecule has 0 bridgehead atoms. The number of aliphatic hydroxyl groups is 4. The van der Waals surface area contributed by atoms with Crippen LogP contribution in [0.25, 0.3) is 0 Å². The summed E-state index contributed by atoms with van der Waals surface area (Å²) in [6, 6.07) is 0. The molecule has 0 radical (unpaired) electrons. The minimum absolute atomic E-state index is 0.322. The van der Waals surface area contributed by atoms with Gasteiger partial charge in [0.2, 0.25) is 0 Å². The molecular formula is C30H54O6. The summed E-state index contributed by atoms with van der Waals surface area (Å²) in [5, 5.41) is 44.0. The predicted octanol–water partition coefficient (Wildman–Crippen LogP) is 5.36. The van der Waals surface area contributed by atoms with Crippen molar-refractivity contribution in [1.29, 1.82) is 0 Å². The number of allylic oxidation sites excluding steroid dienone is 4. The van der Waals surface area contributed by atoms with Crippen LogP contribution in [0.4, 0.5) is 0 Å². The van der Waals surface area contributed by atoms with E-state index in [4.69, 9.17) is 9.47 Å². The van der Waals surface area contributed by atoms with E-state index in [1.54, 1.807) is 0 Å². The zero-order valence-corrected chi connectivity index (χ0v) is 24.1. The number of rotatable bonds is 13. The first-order chi connectivity index (χ1) is 16.5. The Morgan fingerprint density at radius 2 is 1.11 bits per heavy atom. The van der Waals surface area contributed by atoms with E-state index in [2.05, 4.69) is 12.2 Å². The Kier molecular flexibility index (Phi) is 10.8. The molecule has 2 aliphatic rings. The molecule has 2 saturated heterocycles. The molecule has 36 heavy (non-hydrogen) atoms. The SMILES string of the molecule is CC(C)=CCC[C@](C)(O)[C@H]1CC[C@](C)([C@@H](O)CC[C@@H](O)[C@]2(C)CC[C@H]([C@@](C)(O)CCC=C(C)C)O2)O1. The van der Waals surface area contributed by atoms with E-state index in [9.17, 15) is 20.4 Å². The summed E-state index contributed by atoms with van der Waals surface area (Å²) in [5.74, 6) is 0. The molecular weight excluding hydrogens is 456 g/mol. The van der Waals surface area contributed by atoms with Crippen molar-refractivity contribution in [3.8, 4) is 0 Å². The maximum Gasteiger partial charge on any atom is 0.0918 e. The molecule has 4 N–H and O–H groups in total. The highest BCUT2D eigenvalue weighted by Crippen LogP contribution is 2.42. The molecule has 2 heterocycles. The molecule has 2 rings (SSSR count). The first-order valence-corrected chi connectivity index (χ1v) is 13.9. The monoisotopic (exact) mass is 510 g/mol. The Balaban J connectivity index is 1.88. The lowest BCUT2D eigenvalue weighted by Gasteiger charge is -2.37. The third kappa shape index (κ3) is 8.37. The molecule has 210 valence electrons. The van der Waals surface area contributed by atoms with Crippen molar-refractivity contribution in [2.75, 3.05) is 0 Å². The van der Waals surface area contributed by atoms with E-state index in [0.717, 1.165) is 12.8 Å². The molecule has 0 spiro atoms. The fourth-order valence-corrected chi connectivity index (χ4v) is 5.64. The van der Waals surface area contributed by atoms with Crippen LogP contribution in [0, 0.1) is 0 Å². The first-order valence-electron chi connectivity index (χ1n) is 13.9. The van der Waals surface area contributed by atoms with Crippen LogP contribution >= 0.6 is 0 Å². The number of aliphatic hydroxyl groups excluding tert-OH is 2. The van der Waals surface area contributed by atoms with Gasteiger partial charge < -0.3 is 29.9 Å². The van der Waals surface area contributed by atoms with Gasteiger partial charge in [-0.05, 0) is 120 Å². The van der Waals surface area contributed by atoms with Gasteiger partial charge in [-0.25, -0.2) is 0 Å². The van der Waals surface area contributed by atoms with Gasteiger partial charge in [-0.2, -0.15) is 0 Å². The highest BCUT2D eigenvalue weighted by atomic mass is 16.5.